The number of benzene rings is 1. The molecule has 0 bridgehead atoms. The predicted octanol–water partition coefficient (Wildman–Crippen LogP) is 3.43. The standard InChI is InChI=1S/C19H28N2O.ClH/c22-18(8-7-16-9-13-20-14-10-16)21-15-19(11-4-12-19)17-5-2-1-3-6-17;/h1-3,5-6,16,20H,4,7-15H2,(H,21,22);1H. The third kappa shape index (κ3) is 4.71. The molecule has 1 amide bonds. The number of carbonyl (C=O) groups excluding carboxylic acids is 1. The van der Waals surface area contributed by atoms with E-state index in [1.807, 2.05) is 0 Å². The van der Waals surface area contributed by atoms with Gasteiger partial charge in [-0.3, -0.25) is 4.79 Å². The first-order valence-corrected chi connectivity index (χ1v) is 8.81. The summed E-state index contributed by atoms with van der Waals surface area (Å²) in [5.41, 5.74) is 1.59. The Labute approximate surface area is 146 Å². The zero-order chi connectivity index (χ0) is 15.3. The molecule has 1 aliphatic carbocycles. The van der Waals surface area contributed by atoms with Crippen LogP contribution in [0.4, 0.5) is 0 Å². The molecule has 3 nitrogen and oxygen atoms in total. The van der Waals surface area contributed by atoms with Crippen molar-refractivity contribution in [3.8, 4) is 0 Å². The smallest absolute Gasteiger partial charge is 0.220 e. The van der Waals surface area contributed by atoms with Gasteiger partial charge in [-0.25, -0.2) is 0 Å². The minimum atomic E-state index is 0. The highest BCUT2D eigenvalue weighted by atomic mass is 35.5. The summed E-state index contributed by atoms with van der Waals surface area (Å²) >= 11 is 0. The average molecular weight is 337 g/mol. The van der Waals surface area contributed by atoms with Crippen LogP contribution in [0.15, 0.2) is 30.3 Å². The largest absolute Gasteiger partial charge is 0.355 e. The Kier molecular flexibility index (Phi) is 6.91. The van der Waals surface area contributed by atoms with Crippen LogP contribution in [0.3, 0.4) is 0 Å². The van der Waals surface area contributed by atoms with Crippen LogP contribution in [-0.4, -0.2) is 25.5 Å². The number of amides is 1. The SMILES string of the molecule is Cl.O=C(CCC1CCNCC1)NCC1(c2ccccc2)CCC1. The van der Waals surface area contributed by atoms with Crippen molar-refractivity contribution in [2.75, 3.05) is 19.6 Å². The van der Waals surface area contributed by atoms with Gasteiger partial charge in [0, 0.05) is 18.4 Å². The fraction of sp³-hybridized carbons (Fsp3) is 0.632. The topological polar surface area (TPSA) is 41.1 Å². The van der Waals surface area contributed by atoms with Crippen molar-refractivity contribution in [2.45, 2.75) is 50.4 Å². The van der Waals surface area contributed by atoms with Crippen molar-refractivity contribution < 1.29 is 4.79 Å². The van der Waals surface area contributed by atoms with E-state index in [9.17, 15) is 4.79 Å². The molecule has 23 heavy (non-hydrogen) atoms. The molecular formula is C19H29ClN2O. The van der Waals surface area contributed by atoms with Crippen molar-refractivity contribution in [1.29, 1.82) is 0 Å². The van der Waals surface area contributed by atoms with Crippen LogP contribution < -0.4 is 10.6 Å². The molecule has 1 saturated carbocycles. The molecule has 2 aliphatic rings. The van der Waals surface area contributed by atoms with E-state index in [1.165, 1.54) is 37.7 Å². The van der Waals surface area contributed by atoms with Gasteiger partial charge >= 0.3 is 0 Å². The highest BCUT2D eigenvalue weighted by Crippen LogP contribution is 2.43. The zero-order valence-electron chi connectivity index (χ0n) is 13.9. The monoisotopic (exact) mass is 336 g/mol. The van der Waals surface area contributed by atoms with Gasteiger partial charge < -0.3 is 10.6 Å². The number of halogens is 1. The maximum absolute atomic E-state index is 12.2. The fourth-order valence-electron chi connectivity index (χ4n) is 3.82. The Morgan fingerprint density at radius 1 is 1.17 bits per heavy atom. The van der Waals surface area contributed by atoms with Gasteiger partial charge in [-0.05, 0) is 56.7 Å². The Balaban J connectivity index is 0.00000192. The molecule has 1 aromatic carbocycles. The van der Waals surface area contributed by atoms with Crippen molar-refractivity contribution >= 4 is 18.3 Å². The Morgan fingerprint density at radius 2 is 1.87 bits per heavy atom. The minimum Gasteiger partial charge on any atom is -0.355 e. The van der Waals surface area contributed by atoms with Gasteiger partial charge in [-0.15, -0.1) is 12.4 Å². The lowest BCUT2D eigenvalue weighted by Gasteiger charge is -2.42. The molecule has 1 heterocycles. The summed E-state index contributed by atoms with van der Waals surface area (Å²) in [6.07, 6.45) is 7.86. The van der Waals surface area contributed by atoms with E-state index < -0.39 is 0 Å². The maximum Gasteiger partial charge on any atom is 0.220 e. The molecule has 1 aromatic rings. The van der Waals surface area contributed by atoms with Crippen molar-refractivity contribution in [2.24, 2.45) is 5.92 Å². The van der Waals surface area contributed by atoms with Crippen LogP contribution >= 0.6 is 12.4 Å². The quantitative estimate of drug-likeness (QED) is 0.835. The Morgan fingerprint density at radius 3 is 2.48 bits per heavy atom. The van der Waals surface area contributed by atoms with Crippen molar-refractivity contribution in [3.63, 3.8) is 0 Å². The van der Waals surface area contributed by atoms with E-state index in [4.69, 9.17) is 0 Å². The molecule has 2 N–H and O–H groups in total. The van der Waals surface area contributed by atoms with Crippen molar-refractivity contribution in [1.82, 2.24) is 10.6 Å². The summed E-state index contributed by atoms with van der Waals surface area (Å²) in [5, 5.41) is 6.59. The van der Waals surface area contributed by atoms with E-state index in [2.05, 4.69) is 41.0 Å². The molecule has 4 heteroatoms. The Hall–Kier alpha value is -1.06. The maximum atomic E-state index is 12.2. The summed E-state index contributed by atoms with van der Waals surface area (Å²) in [6.45, 7) is 3.04. The normalized spacial score (nSPS) is 20.2. The van der Waals surface area contributed by atoms with Gasteiger partial charge in [-0.1, -0.05) is 36.8 Å². The van der Waals surface area contributed by atoms with Gasteiger partial charge in [-0.2, -0.15) is 0 Å². The first-order chi connectivity index (χ1) is 10.8. The van der Waals surface area contributed by atoms with Gasteiger partial charge in [0.1, 0.15) is 0 Å². The Bertz CT molecular complexity index is 481. The molecule has 128 valence electrons. The summed E-state index contributed by atoms with van der Waals surface area (Å²) in [6, 6.07) is 10.7. The summed E-state index contributed by atoms with van der Waals surface area (Å²) in [5.74, 6) is 0.972. The molecule has 1 saturated heterocycles. The van der Waals surface area contributed by atoms with E-state index >= 15 is 0 Å². The van der Waals surface area contributed by atoms with Crippen LogP contribution in [0.2, 0.25) is 0 Å². The average Bonchev–Trinajstić information content (AvgIpc) is 2.54. The highest BCUT2D eigenvalue weighted by molar-refractivity contribution is 5.85. The van der Waals surface area contributed by atoms with E-state index in [-0.39, 0.29) is 23.7 Å². The van der Waals surface area contributed by atoms with E-state index in [0.717, 1.165) is 32.0 Å². The van der Waals surface area contributed by atoms with Gasteiger partial charge in [0.25, 0.3) is 0 Å². The van der Waals surface area contributed by atoms with Gasteiger partial charge in [0.2, 0.25) is 5.91 Å². The van der Waals surface area contributed by atoms with Crippen LogP contribution in [-0.2, 0) is 10.2 Å². The molecule has 2 fully saturated rings. The molecule has 3 rings (SSSR count). The number of hydrogen-bond acceptors (Lipinski definition) is 2. The predicted molar refractivity (Wildman–Crippen MR) is 97.1 cm³/mol. The second-order valence-electron chi connectivity index (χ2n) is 7.01. The second-order valence-corrected chi connectivity index (χ2v) is 7.01. The number of rotatable bonds is 6. The fourth-order valence-corrected chi connectivity index (χ4v) is 3.82. The molecule has 1 aliphatic heterocycles. The molecule has 0 radical (unpaired) electrons. The minimum absolute atomic E-state index is 0. The number of carbonyl (C=O) groups is 1. The van der Waals surface area contributed by atoms with Gasteiger partial charge in [0.15, 0.2) is 0 Å². The lowest BCUT2D eigenvalue weighted by molar-refractivity contribution is -0.121. The lowest BCUT2D eigenvalue weighted by atomic mass is 9.64. The van der Waals surface area contributed by atoms with Crippen LogP contribution in [0.1, 0.15) is 50.5 Å². The summed E-state index contributed by atoms with van der Waals surface area (Å²) in [4.78, 5) is 12.2. The van der Waals surface area contributed by atoms with Gasteiger partial charge in [0.05, 0.1) is 0 Å². The van der Waals surface area contributed by atoms with Crippen molar-refractivity contribution in [3.05, 3.63) is 35.9 Å². The first-order valence-electron chi connectivity index (χ1n) is 8.81. The van der Waals surface area contributed by atoms with E-state index in [1.54, 1.807) is 0 Å². The number of piperidine rings is 1. The molecular weight excluding hydrogens is 308 g/mol. The molecule has 0 spiro atoms. The third-order valence-electron chi connectivity index (χ3n) is 5.56. The molecule has 0 atom stereocenters. The molecule has 0 aromatic heterocycles. The summed E-state index contributed by atoms with van der Waals surface area (Å²) < 4.78 is 0. The first kappa shape index (κ1) is 18.3. The van der Waals surface area contributed by atoms with Crippen LogP contribution in [0.5, 0.6) is 0 Å². The lowest BCUT2D eigenvalue weighted by Crippen LogP contribution is -2.45. The van der Waals surface area contributed by atoms with Crippen LogP contribution in [0.25, 0.3) is 0 Å². The number of hydrogen-bond donors (Lipinski definition) is 2. The van der Waals surface area contributed by atoms with E-state index in [0.29, 0.717) is 6.42 Å². The van der Waals surface area contributed by atoms with Crippen LogP contribution in [0, 0.1) is 5.92 Å². The highest BCUT2D eigenvalue weighted by Gasteiger charge is 2.38. The second kappa shape index (κ2) is 8.70. The molecule has 0 unspecified atom stereocenters. The third-order valence-corrected chi connectivity index (χ3v) is 5.56. The number of nitrogens with one attached hydrogen (secondary N) is 2. The zero-order valence-corrected chi connectivity index (χ0v) is 14.7. The summed E-state index contributed by atoms with van der Waals surface area (Å²) in [7, 11) is 0.